The molecular formula is C15H18INO3. The lowest BCUT2D eigenvalue weighted by molar-refractivity contribution is 0.0696. The summed E-state index contributed by atoms with van der Waals surface area (Å²) in [5.41, 5.74) is -0.0662. The Morgan fingerprint density at radius 3 is 2.75 bits per heavy atom. The first kappa shape index (κ1) is 16.8. The van der Waals surface area contributed by atoms with Gasteiger partial charge in [0, 0.05) is 0 Å². The van der Waals surface area contributed by atoms with E-state index in [-0.39, 0.29) is 11.0 Å². The summed E-state index contributed by atoms with van der Waals surface area (Å²) in [6.07, 6.45) is 2.59. The van der Waals surface area contributed by atoms with E-state index in [0.717, 1.165) is 22.8 Å². The zero-order valence-electron chi connectivity index (χ0n) is 11.6. The van der Waals surface area contributed by atoms with Gasteiger partial charge in [0.25, 0.3) is 0 Å². The molecule has 0 spiro atoms. The van der Waals surface area contributed by atoms with Crippen LogP contribution in [-0.2, 0) is 0 Å². The fraction of sp³-hybridized carbons (Fsp3) is 0.467. The highest BCUT2D eigenvalue weighted by Crippen LogP contribution is 2.24. The minimum Gasteiger partial charge on any atom is -0.492 e. The maximum Gasteiger partial charge on any atom is 0.335 e. The number of carboxylic acid groups (broad SMARTS) is 1. The fourth-order valence-electron chi connectivity index (χ4n) is 1.65. The van der Waals surface area contributed by atoms with Gasteiger partial charge in [-0.25, -0.2) is 4.79 Å². The number of aromatic carboxylic acids is 1. The molecule has 0 unspecified atom stereocenters. The maximum atomic E-state index is 10.9. The molecule has 20 heavy (non-hydrogen) atoms. The smallest absolute Gasteiger partial charge is 0.335 e. The first-order chi connectivity index (χ1) is 9.35. The molecule has 0 bridgehead atoms. The Bertz CT molecular complexity index is 520. The normalized spacial score (nSPS) is 10.9. The molecule has 0 aliphatic heterocycles. The first-order valence-electron chi connectivity index (χ1n) is 6.42. The van der Waals surface area contributed by atoms with Crippen molar-refractivity contribution in [2.24, 2.45) is 5.41 Å². The molecule has 0 saturated heterocycles. The van der Waals surface area contributed by atoms with Crippen LogP contribution in [0.3, 0.4) is 0 Å². The summed E-state index contributed by atoms with van der Waals surface area (Å²) in [5.74, 6) is -0.355. The zero-order chi connectivity index (χ0) is 15.2. The van der Waals surface area contributed by atoms with Crippen molar-refractivity contribution >= 4 is 28.6 Å². The average Bonchev–Trinajstić information content (AvgIpc) is 2.40. The molecule has 0 aliphatic rings. The third kappa shape index (κ3) is 5.37. The van der Waals surface area contributed by atoms with Gasteiger partial charge in [-0.2, -0.15) is 5.26 Å². The van der Waals surface area contributed by atoms with Crippen LogP contribution in [0.1, 0.15) is 43.5 Å². The van der Waals surface area contributed by atoms with Crippen molar-refractivity contribution in [2.45, 2.75) is 33.1 Å². The SMILES string of the molecule is CC(C)(C#N)CCCCOc1cc(C(=O)O)ccc1I. The van der Waals surface area contributed by atoms with E-state index in [4.69, 9.17) is 15.1 Å². The average molecular weight is 387 g/mol. The van der Waals surface area contributed by atoms with E-state index in [1.54, 1.807) is 18.2 Å². The highest BCUT2D eigenvalue weighted by atomic mass is 127. The summed E-state index contributed by atoms with van der Waals surface area (Å²) in [6, 6.07) is 7.11. The molecule has 108 valence electrons. The summed E-state index contributed by atoms with van der Waals surface area (Å²) in [6.45, 7) is 4.38. The second-order valence-corrected chi connectivity index (χ2v) is 6.41. The minimum atomic E-state index is -0.956. The zero-order valence-corrected chi connectivity index (χ0v) is 13.8. The number of ether oxygens (including phenoxy) is 1. The molecule has 0 saturated carbocycles. The van der Waals surface area contributed by atoms with Gasteiger partial charge in [-0.05, 0) is 73.9 Å². The lowest BCUT2D eigenvalue weighted by Gasteiger charge is -2.14. The van der Waals surface area contributed by atoms with E-state index >= 15 is 0 Å². The first-order valence-corrected chi connectivity index (χ1v) is 7.50. The van der Waals surface area contributed by atoms with Crippen molar-refractivity contribution < 1.29 is 14.6 Å². The van der Waals surface area contributed by atoms with Gasteiger partial charge in [0.05, 0.1) is 27.2 Å². The van der Waals surface area contributed by atoms with E-state index in [1.807, 2.05) is 13.8 Å². The van der Waals surface area contributed by atoms with Crippen LogP contribution in [0.5, 0.6) is 5.75 Å². The van der Waals surface area contributed by atoms with Crippen LogP contribution in [0.15, 0.2) is 18.2 Å². The third-order valence-corrected chi connectivity index (χ3v) is 3.83. The number of hydrogen-bond donors (Lipinski definition) is 1. The lowest BCUT2D eigenvalue weighted by Crippen LogP contribution is -2.08. The van der Waals surface area contributed by atoms with Crippen LogP contribution < -0.4 is 4.74 Å². The second kappa shape index (κ2) is 7.48. The molecule has 0 heterocycles. The monoisotopic (exact) mass is 387 g/mol. The molecule has 0 fully saturated rings. The second-order valence-electron chi connectivity index (χ2n) is 5.25. The standard InChI is InChI=1S/C15H18INO3/c1-15(2,10-17)7-3-4-8-20-13-9-11(14(18)19)5-6-12(13)16/h5-6,9H,3-4,7-8H2,1-2H3,(H,18,19). The van der Waals surface area contributed by atoms with E-state index in [9.17, 15) is 4.79 Å². The summed E-state index contributed by atoms with van der Waals surface area (Å²) < 4.78 is 6.52. The number of benzene rings is 1. The Labute approximate surface area is 132 Å². The number of nitrogens with zero attached hydrogens (tertiary/aromatic N) is 1. The van der Waals surface area contributed by atoms with Gasteiger partial charge in [-0.1, -0.05) is 0 Å². The molecule has 0 aromatic heterocycles. The molecule has 0 atom stereocenters. The number of hydrogen-bond acceptors (Lipinski definition) is 3. The Hall–Kier alpha value is -1.29. The van der Waals surface area contributed by atoms with Crippen molar-refractivity contribution in [2.75, 3.05) is 6.61 Å². The number of unbranched alkanes of at least 4 members (excludes halogenated alkanes) is 1. The molecule has 1 N–H and O–H groups in total. The Morgan fingerprint density at radius 1 is 1.45 bits per heavy atom. The van der Waals surface area contributed by atoms with Gasteiger partial charge >= 0.3 is 5.97 Å². The van der Waals surface area contributed by atoms with Crippen molar-refractivity contribution in [1.82, 2.24) is 0 Å². The van der Waals surface area contributed by atoms with Crippen LogP contribution in [-0.4, -0.2) is 17.7 Å². The number of carboxylic acids is 1. The Kier molecular flexibility index (Phi) is 6.27. The fourth-order valence-corrected chi connectivity index (χ4v) is 2.15. The minimum absolute atomic E-state index is 0.228. The van der Waals surface area contributed by atoms with Crippen molar-refractivity contribution in [3.63, 3.8) is 0 Å². The van der Waals surface area contributed by atoms with Crippen molar-refractivity contribution in [3.8, 4) is 11.8 Å². The molecule has 1 aromatic carbocycles. The Balaban J connectivity index is 2.45. The molecular weight excluding hydrogens is 369 g/mol. The van der Waals surface area contributed by atoms with Gasteiger partial charge in [-0.3, -0.25) is 0 Å². The predicted octanol–water partition coefficient (Wildman–Crippen LogP) is 4.09. The summed E-state index contributed by atoms with van der Waals surface area (Å²) in [4.78, 5) is 10.9. The topological polar surface area (TPSA) is 70.3 Å². The lowest BCUT2D eigenvalue weighted by atomic mass is 9.89. The molecule has 1 rings (SSSR count). The van der Waals surface area contributed by atoms with E-state index in [2.05, 4.69) is 28.7 Å². The van der Waals surface area contributed by atoms with E-state index in [0.29, 0.717) is 12.4 Å². The predicted molar refractivity (Wildman–Crippen MR) is 84.9 cm³/mol. The van der Waals surface area contributed by atoms with Gasteiger partial charge in [0.15, 0.2) is 0 Å². The van der Waals surface area contributed by atoms with Crippen molar-refractivity contribution in [1.29, 1.82) is 5.26 Å². The summed E-state index contributed by atoms with van der Waals surface area (Å²) in [7, 11) is 0. The molecule has 0 aliphatic carbocycles. The van der Waals surface area contributed by atoms with E-state index < -0.39 is 5.97 Å². The molecule has 5 heteroatoms. The number of carbonyl (C=O) groups is 1. The van der Waals surface area contributed by atoms with Crippen LogP contribution in [0.25, 0.3) is 0 Å². The molecule has 1 aromatic rings. The summed E-state index contributed by atoms with van der Waals surface area (Å²) in [5, 5.41) is 17.8. The number of nitriles is 1. The number of rotatable bonds is 7. The highest BCUT2D eigenvalue weighted by Gasteiger charge is 2.15. The van der Waals surface area contributed by atoms with Crippen LogP contribution in [0.4, 0.5) is 0 Å². The van der Waals surface area contributed by atoms with E-state index in [1.165, 1.54) is 0 Å². The van der Waals surface area contributed by atoms with Gasteiger partial charge < -0.3 is 9.84 Å². The third-order valence-electron chi connectivity index (χ3n) is 2.93. The van der Waals surface area contributed by atoms with Crippen LogP contribution >= 0.6 is 22.6 Å². The highest BCUT2D eigenvalue weighted by molar-refractivity contribution is 14.1. The Morgan fingerprint density at radius 2 is 2.15 bits per heavy atom. The maximum absolute atomic E-state index is 10.9. The molecule has 0 amide bonds. The largest absolute Gasteiger partial charge is 0.492 e. The summed E-state index contributed by atoms with van der Waals surface area (Å²) >= 11 is 2.12. The van der Waals surface area contributed by atoms with Gasteiger partial charge in [-0.15, -0.1) is 0 Å². The number of halogens is 1. The van der Waals surface area contributed by atoms with Gasteiger partial charge in [0.2, 0.25) is 0 Å². The molecule has 0 radical (unpaired) electrons. The van der Waals surface area contributed by atoms with Crippen LogP contribution in [0.2, 0.25) is 0 Å². The van der Waals surface area contributed by atoms with Gasteiger partial charge in [0.1, 0.15) is 5.75 Å². The van der Waals surface area contributed by atoms with Crippen LogP contribution in [0, 0.1) is 20.3 Å². The molecule has 4 nitrogen and oxygen atoms in total. The van der Waals surface area contributed by atoms with Crippen molar-refractivity contribution in [3.05, 3.63) is 27.3 Å². The quantitative estimate of drug-likeness (QED) is 0.565.